The van der Waals surface area contributed by atoms with Crippen LogP contribution < -0.4 is 8.85 Å². The van der Waals surface area contributed by atoms with Gasteiger partial charge in [-0.15, -0.1) is 0 Å². The van der Waals surface area contributed by atoms with Crippen molar-refractivity contribution < 1.29 is 18.4 Å². The first kappa shape index (κ1) is 25.2. The number of hydrogen-bond acceptors (Lipinski definition) is 4. The molecule has 1 aromatic carbocycles. The van der Waals surface area contributed by atoms with Gasteiger partial charge in [-0.25, -0.2) is 0 Å². The van der Waals surface area contributed by atoms with Gasteiger partial charge >= 0.3 is 0 Å². The molecule has 6 heteroatoms. The third kappa shape index (κ3) is 4.50. The Labute approximate surface area is 196 Å². The quantitative estimate of drug-likeness (QED) is 0.333. The number of rotatable bonds is 5. The van der Waals surface area contributed by atoms with Gasteiger partial charge in [-0.3, -0.25) is 9.59 Å². The number of carbonyl (C=O) groups excluding carboxylic acids is 2. The third-order valence-corrected chi connectivity index (χ3v) is 17.1. The van der Waals surface area contributed by atoms with Crippen LogP contribution in [-0.2, 0) is 9.59 Å². The minimum Gasteiger partial charge on any atom is -0.543 e. The molecule has 0 bridgehead atoms. The van der Waals surface area contributed by atoms with Crippen molar-refractivity contribution in [1.29, 1.82) is 0 Å². The molecule has 1 aromatic rings. The Morgan fingerprint density at radius 1 is 0.781 bits per heavy atom. The van der Waals surface area contributed by atoms with Crippen molar-refractivity contribution in [1.82, 2.24) is 0 Å². The Hall–Kier alpha value is -1.41. The van der Waals surface area contributed by atoms with Gasteiger partial charge in [-0.05, 0) is 66.8 Å². The van der Waals surface area contributed by atoms with Gasteiger partial charge in [-0.2, -0.15) is 0 Å². The molecular weight excluding hydrogens is 432 g/mol. The fraction of sp³-hybridized carbons (Fsp3) is 0.692. The van der Waals surface area contributed by atoms with E-state index in [9.17, 15) is 9.59 Å². The van der Waals surface area contributed by atoms with E-state index in [1.165, 1.54) is 0 Å². The number of ketones is 2. The average molecular weight is 475 g/mol. The van der Waals surface area contributed by atoms with Crippen LogP contribution in [0.1, 0.15) is 78.7 Å². The van der Waals surface area contributed by atoms with Crippen LogP contribution in [0.5, 0.6) is 11.5 Å². The maximum atomic E-state index is 12.8. The summed E-state index contributed by atoms with van der Waals surface area (Å²) in [6, 6.07) is 6.14. The first-order valence-electron chi connectivity index (χ1n) is 12.0. The van der Waals surface area contributed by atoms with Crippen LogP contribution in [0.15, 0.2) is 18.2 Å². The summed E-state index contributed by atoms with van der Waals surface area (Å²) in [5.74, 6) is 1.82. The number of carbonyl (C=O) groups is 2. The summed E-state index contributed by atoms with van der Waals surface area (Å²) in [4.78, 5) is 25.6. The topological polar surface area (TPSA) is 52.6 Å². The molecule has 2 saturated carbocycles. The Bertz CT molecular complexity index is 856. The minimum atomic E-state index is -2.05. The predicted molar refractivity (Wildman–Crippen MR) is 136 cm³/mol. The first-order valence-corrected chi connectivity index (χ1v) is 17.8. The zero-order valence-corrected chi connectivity index (χ0v) is 23.8. The molecule has 178 valence electrons. The van der Waals surface area contributed by atoms with Crippen LogP contribution in [0.4, 0.5) is 0 Å². The maximum absolute atomic E-state index is 12.8. The van der Waals surface area contributed by atoms with Crippen LogP contribution in [0, 0.1) is 5.41 Å². The van der Waals surface area contributed by atoms with Gasteiger partial charge in [0.2, 0.25) is 16.6 Å². The molecule has 32 heavy (non-hydrogen) atoms. The molecule has 0 saturated heterocycles. The maximum Gasteiger partial charge on any atom is 0.250 e. The van der Waals surface area contributed by atoms with E-state index < -0.39 is 22.0 Å². The lowest BCUT2D eigenvalue weighted by atomic mass is 9.80. The lowest BCUT2D eigenvalue weighted by Gasteiger charge is -2.38. The molecule has 3 rings (SSSR count). The highest BCUT2D eigenvalue weighted by Crippen LogP contribution is 2.63. The van der Waals surface area contributed by atoms with Crippen molar-refractivity contribution in [3.63, 3.8) is 0 Å². The summed E-state index contributed by atoms with van der Waals surface area (Å²) in [7, 11) is -4.11. The zero-order valence-electron chi connectivity index (χ0n) is 21.8. The Morgan fingerprint density at radius 2 is 1.19 bits per heavy atom. The number of benzene rings is 1. The molecule has 0 amide bonds. The van der Waals surface area contributed by atoms with Crippen molar-refractivity contribution in [2.24, 2.45) is 5.41 Å². The molecule has 0 aliphatic heterocycles. The molecule has 1 spiro atoms. The van der Waals surface area contributed by atoms with Crippen molar-refractivity contribution in [2.75, 3.05) is 0 Å². The van der Waals surface area contributed by atoms with Crippen LogP contribution >= 0.6 is 0 Å². The normalized spacial score (nSPS) is 21.6. The van der Waals surface area contributed by atoms with E-state index in [4.69, 9.17) is 8.85 Å². The van der Waals surface area contributed by atoms with Crippen LogP contribution in [0.3, 0.4) is 0 Å². The minimum absolute atomic E-state index is 0.0486. The predicted octanol–water partition coefficient (Wildman–Crippen LogP) is 7.25. The summed E-state index contributed by atoms with van der Waals surface area (Å²) < 4.78 is 13.3. The van der Waals surface area contributed by atoms with Gasteiger partial charge in [0.1, 0.15) is 23.1 Å². The highest BCUT2D eigenvalue weighted by atomic mass is 28.4. The molecule has 0 N–H and O–H groups in total. The summed E-state index contributed by atoms with van der Waals surface area (Å²) in [5.41, 5.74) is 0.223. The highest BCUT2D eigenvalue weighted by molar-refractivity contribution is 6.75. The van der Waals surface area contributed by atoms with E-state index >= 15 is 0 Å². The summed E-state index contributed by atoms with van der Waals surface area (Å²) in [5, 5.41) is 0.138. The molecule has 2 fully saturated rings. The summed E-state index contributed by atoms with van der Waals surface area (Å²) >= 11 is 0. The van der Waals surface area contributed by atoms with Crippen LogP contribution in [-0.4, -0.2) is 28.2 Å². The molecule has 2 aliphatic carbocycles. The van der Waals surface area contributed by atoms with E-state index in [1.54, 1.807) is 0 Å². The fourth-order valence-corrected chi connectivity index (χ4v) is 6.13. The van der Waals surface area contributed by atoms with Gasteiger partial charge in [0.05, 0.1) is 5.41 Å². The molecule has 1 atom stereocenters. The molecule has 1 unspecified atom stereocenters. The Morgan fingerprint density at radius 3 is 1.56 bits per heavy atom. The summed E-state index contributed by atoms with van der Waals surface area (Å²) in [6.45, 7) is 22.3. The first-order chi connectivity index (χ1) is 14.4. The second-order valence-electron chi connectivity index (χ2n) is 12.9. The fourth-order valence-electron chi connectivity index (χ4n) is 4.10. The molecule has 2 aliphatic rings. The lowest BCUT2D eigenvalue weighted by Crippen LogP contribution is -2.44. The van der Waals surface area contributed by atoms with Gasteiger partial charge in [0, 0.05) is 24.8 Å². The van der Waals surface area contributed by atoms with Crippen LogP contribution in [0.25, 0.3) is 0 Å². The molecular formula is C26H42O4Si2. The van der Waals surface area contributed by atoms with E-state index in [0.29, 0.717) is 25.7 Å². The van der Waals surface area contributed by atoms with Gasteiger partial charge < -0.3 is 8.85 Å². The lowest BCUT2D eigenvalue weighted by molar-refractivity contribution is -0.137. The van der Waals surface area contributed by atoms with Gasteiger partial charge in [0.25, 0.3) is 0 Å². The second-order valence-corrected chi connectivity index (χ2v) is 22.3. The van der Waals surface area contributed by atoms with Crippen molar-refractivity contribution in [3.8, 4) is 11.5 Å². The highest BCUT2D eigenvalue weighted by Gasteiger charge is 2.65. The molecule has 4 nitrogen and oxygen atoms in total. The smallest absolute Gasteiger partial charge is 0.250 e. The van der Waals surface area contributed by atoms with Gasteiger partial charge in [-0.1, -0.05) is 41.5 Å². The summed E-state index contributed by atoms with van der Waals surface area (Å²) in [6.07, 6.45) is 2.37. The largest absolute Gasteiger partial charge is 0.543 e. The van der Waals surface area contributed by atoms with Crippen molar-refractivity contribution in [2.45, 2.75) is 109 Å². The molecule has 0 heterocycles. The third-order valence-electron chi connectivity index (χ3n) is 8.43. The Kier molecular flexibility index (Phi) is 6.17. The second kappa shape index (κ2) is 7.83. The standard InChI is InChI=1S/C26H42O4Si2/c1-24(2,3)31(7,8)29-19-14-18(15-20(16-19)30-32(9,10)25(4,5)6)21-17-26(21)22(27)12-11-13-23(26)28/h14-16,21H,11-13,17H2,1-10H3. The van der Waals surface area contributed by atoms with Crippen molar-refractivity contribution >= 4 is 28.2 Å². The van der Waals surface area contributed by atoms with E-state index in [1.807, 2.05) is 6.07 Å². The van der Waals surface area contributed by atoms with E-state index in [-0.39, 0.29) is 27.6 Å². The average Bonchev–Trinajstić information content (AvgIpc) is 3.34. The molecule has 0 aromatic heterocycles. The van der Waals surface area contributed by atoms with Crippen LogP contribution in [0.2, 0.25) is 36.3 Å². The van der Waals surface area contributed by atoms with Gasteiger partial charge in [0.15, 0.2) is 0 Å². The zero-order chi connectivity index (χ0) is 24.3. The Balaban J connectivity index is 2.02. The SMILES string of the molecule is CC(C)(C)[Si](C)(C)Oc1cc(O[Si](C)(C)C(C)(C)C)cc(C2CC23C(=O)CCCC3=O)c1. The molecule has 0 radical (unpaired) electrons. The van der Waals surface area contributed by atoms with E-state index in [0.717, 1.165) is 17.1 Å². The number of Topliss-reactive ketones (excluding diaryl/α,β-unsaturated/α-hetero) is 2. The number of hydrogen-bond donors (Lipinski definition) is 0. The van der Waals surface area contributed by atoms with E-state index in [2.05, 4.69) is 79.9 Å². The monoisotopic (exact) mass is 474 g/mol. The van der Waals surface area contributed by atoms with Crippen molar-refractivity contribution in [3.05, 3.63) is 23.8 Å².